The molecule has 0 amide bonds. The van der Waals surface area contributed by atoms with Gasteiger partial charge < -0.3 is 9.15 Å². The molecule has 0 spiro atoms. The van der Waals surface area contributed by atoms with Crippen molar-refractivity contribution in [2.24, 2.45) is 0 Å². The highest BCUT2D eigenvalue weighted by Crippen LogP contribution is 2.28. The predicted molar refractivity (Wildman–Crippen MR) is 65.8 cm³/mol. The van der Waals surface area contributed by atoms with Crippen molar-refractivity contribution in [2.45, 2.75) is 18.8 Å². The zero-order valence-electron chi connectivity index (χ0n) is 9.54. The van der Waals surface area contributed by atoms with E-state index >= 15 is 0 Å². The third-order valence-corrected chi connectivity index (χ3v) is 3.40. The van der Waals surface area contributed by atoms with Crippen LogP contribution in [0.1, 0.15) is 24.7 Å². The van der Waals surface area contributed by atoms with Crippen molar-refractivity contribution in [1.29, 1.82) is 0 Å². The fraction of sp³-hybridized carbons (Fsp3) is 0.455. The van der Waals surface area contributed by atoms with E-state index in [0.29, 0.717) is 24.1 Å². The zero-order chi connectivity index (χ0) is 12.4. The first kappa shape index (κ1) is 11.7. The fourth-order valence-electron chi connectivity index (χ4n) is 1.90. The molecule has 0 aliphatic carbocycles. The lowest BCUT2D eigenvalue weighted by atomic mass is 10.0. The van der Waals surface area contributed by atoms with Crippen LogP contribution >= 0.6 is 15.9 Å². The Kier molecular flexibility index (Phi) is 3.33. The molecule has 0 bridgehead atoms. The molecule has 0 aromatic carbocycles. The molecule has 18 heavy (non-hydrogen) atoms. The highest BCUT2D eigenvalue weighted by atomic mass is 79.9. The summed E-state index contributed by atoms with van der Waals surface area (Å²) in [6.07, 6.45) is 5.15. The van der Waals surface area contributed by atoms with Gasteiger partial charge in [-0.05, 0) is 28.8 Å². The van der Waals surface area contributed by atoms with Gasteiger partial charge in [0.1, 0.15) is 12.0 Å². The zero-order valence-corrected chi connectivity index (χ0v) is 11.1. The number of hydrogen-bond acceptors (Lipinski definition) is 6. The maximum atomic E-state index is 5.67. The van der Waals surface area contributed by atoms with Gasteiger partial charge in [0.2, 0.25) is 5.89 Å². The van der Waals surface area contributed by atoms with Crippen LogP contribution < -0.4 is 0 Å². The van der Waals surface area contributed by atoms with E-state index in [9.17, 15) is 0 Å². The summed E-state index contributed by atoms with van der Waals surface area (Å²) in [4.78, 5) is 8.02. The van der Waals surface area contributed by atoms with Crippen LogP contribution in [0.25, 0.3) is 11.6 Å². The second-order valence-electron chi connectivity index (χ2n) is 4.08. The maximum Gasteiger partial charge on any atom is 0.267 e. The number of aromatic nitrogens is 4. The third-order valence-electron chi connectivity index (χ3n) is 2.82. The normalized spacial score (nSPS) is 19.9. The Morgan fingerprint density at radius 3 is 3.06 bits per heavy atom. The van der Waals surface area contributed by atoms with Crippen molar-refractivity contribution < 1.29 is 9.15 Å². The van der Waals surface area contributed by atoms with Gasteiger partial charge in [-0.2, -0.15) is 0 Å². The lowest BCUT2D eigenvalue weighted by Crippen LogP contribution is -2.15. The predicted octanol–water partition coefficient (Wildman–Crippen LogP) is 2.18. The summed E-state index contributed by atoms with van der Waals surface area (Å²) >= 11 is 3.36. The lowest BCUT2D eigenvalue weighted by molar-refractivity contribution is 0.0727. The number of hydrogen-bond donors (Lipinski definition) is 0. The van der Waals surface area contributed by atoms with Gasteiger partial charge in [-0.1, -0.05) is 0 Å². The second-order valence-corrected chi connectivity index (χ2v) is 4.93. The van der Waals surface area contributed by atoms with Crippen LogP contribution in [-0.2, 0) is 4.74 Å². The maximum absolute atomic E-state index is 5.67. The quantitative estimate of drug-likeness (QED) is 0.846. The molecule has 1 saturated heterocycles. The molecule has 6 nitrogen and oxygen atoms in total. The Morgan fingerprint density at radius 2 is 2.28 bits per heavy atom. The lowest BCUT2D eigenvalue weighted by Gasteiger charge is -2.18. The first-order valence-corrected chi connectivity index (χ1v) is 6.51. The molecule has 1 fully saturated rings. The van der Waals surface area contributed by atoms with Gasteiger partial charge in [-0.15, -0.1) is 10.2 Å². The van der Waals surface area contributed by atoms with Crippen LogP contribution in [0.15, 0.2) is 21.4 Å². The summed E-state index contributed by atoms with van der Waals surface area (Å²) in [6, 6.07) is 0. The van der Waals surface area contributed by atoms with Crippen molar-refractivity contribution in [3.8, 4) is 11.6 Å². The molecular formula is C11H11BrN4O2. The van der Waals surface area contributed by atoms with Gasteiger partial charge in [-0.25, -0.2) is 9.97 Å². The Bertz CT molecular complexity index is 539. The SMILES string of the molecule is Brc1cncnc1-c1nnc(C2CCCOC2)o1. The number of rotatable bonds is 2. The molecular weight excluding hydrogens is 300 g/mol. The Labute approximate surface area is 112 Å². The highest BCUT2D eigenvalue weighted by Gasteiger charge is 2.23. The van der Waals surface area contributed by atoms with Crippen molar-refractivity contribution in [3.63, 3.8) is 0 Å². The van der Waals surface area contributed by atoms with E-state index < -0.39 is 0 Å². The number of ether oxygens (including phenoxy) is 1. The second kappa shape index (κ2) is 5.11. The molecule has 2 aromatic heterocycles. The molecule has 0 N–H and O–H groups in total. The van der Waals surface area contributed by atoms with Gasteiger partial charge in [0.15, 0.2) is 0 Å². The summed E-state index contributed by atoms with van der Waals surface area (Å²) in [6.45, 7) is 1.46. The minimum absolute atomic E-state index is 0.195. The topological polar surface area (TPSA) is 73.9 Å². The van der Waals surface area contributed by atoms with Crippen LogP contribution in [0.5, 0.6) is 0 Å². The largest absolute Gasteiger partial charge is 0.419 e. The van der Waals surface area contributed by atoms with E-state index in [4.69, 9.17) is 9.15 Å². The standard InChI is InChI=1S/C11H11BrN4O2/c12-8-4-13-6-14-9(8)11-16-15-10(18-11)7-2-1-3-17-5-7/h4,6-7H,1-3,5H2. The number of halogens is 1. The molecule has 94 valence electrons. The van der Waals surface area contributed by atoms with E-state index in [1.165, 1.54) is 6.33 Å². The number of nitrogens with zero attached hydrogens (tertiary/aromatic N) is 4. The van der Waals surface area contributed by atoms with Crippen LogP contribution in [0.3, 0.4) is 0 Å². The molecule has 1 aliphatic heterocycles. The van der Waals surface area contributed by atoms with Crippen molar-refractivity contribution in [2.75, 3.05) is 13.2 Å². The molecule has 3 heterocycles. The van der Waals surface area contributed by atoms with Crippen molar-refractivity contribution in [1.82, 2.24) is 20.2 Å². The minimum atomic E-state index is 0.195. The molecule has 2 aromatic rings. The molecule has 0 saturated carbocycles. The van der Waals surface area contributed by atoms with Gasteiger partial charge >= 0.3 is 0 Å². The minimum Gasteiger partial charge on any atom is -0.419 e. The molecule has 1 unspecified atom stereocenters. The van der Waals surface area contributed by atoms with Gasteiger partial charge in [0.25, 0.3) is 5.89 Å². The van der Waals surface area contributed by atoms with E-state index in [-0.39, 0.29) is 5.92 Å². The molecule has 0 radical (unpaired) electrons. The van der Waals surface area contributed by atoms with Gasteiger partial charge in [-0.3, -0.25) is 0 Å². The monoisotopic (exact) mass is 310 g/mol. The first-order chi connectivity index (χ1) is 8.84. The Balaban J connectivity index is 1.87. The average molecular weight is 311 g/mol. The van der Waals surface area contributed by atoms with Crippen LogP contribution in [0.4, 0.5) is 0 Å². The van der Waals surface area contributed by atoms with Crippen LogP contribution in [0.2, 0.25) is 0 Å². The highest BCUT2D eigenvalue weighted by molar-refractivity contribution is 9.10. The van der Waals surface area contributed by atoms with E-state index in [2.05, 4.69) is 36.1 Å². The third kappa shape index (κ3) is 2.28. The van der Waals surface area contributed by atoms with Crippen LogP contribution in [0, 0.1) is 0 Å². The molecule has 1 aliphatic rings. The fourth-order valence-corrected chi connectivity index (χ4v) is 2.29. The summed E-state index contributed by atoms with van der Waals surface area (Å²) in [5.41, 5.74) is 0.612. The average Bonchev–Trinajstić information content (AvgIpc) is 2.90. The van der Waals surface area contributed by atoms with Crippen LogP contribution in [-0.4, -0.2) is 33.4 Å². The summed E-state index contributed by atoms with van der Waals surface area (Å²) in [5, 5.41) is 8.11. The molecule has 1 atom stereocenters. The summed E-state index contributed by atoms with van der Waals surface area (Å²) in [5.74, 6) is 1.22. The van der Waals surface area contributed by atoms with Gasteiger partial charge in [0.05, 0.1) is 17.0 Å². The van der Waals surface area contributed by atoms with E-state index in [0.717, 1.165) is 23.9 Å². The summed E-state index contributed by atoms with van der Waals surface area (Å²) < 4.78 is 11.8. The Hall–Kier alpha value is -1.34. The molecule has 3 rings (SSSR count). The van der Waals surface area contributed by atoms with Crippen molar-refractivity contribution >= 4 is 15.9 Å². The summed E-state index contributed by atoms with van der Waals surface area (Å²) in [7, 11) is 0. The van der Waals surface area contributed by atoms with E-state index in [1.807, 2.05) is 0 Å². The smallest absolute Gasteiger partial charge is 0.267 e. The molecule has 7 heteroatoms. The van der Waals surface area contributed by atoms with Gasteiger partial charge in [0, 0.05) is 12.8 Å². The first-order valence-electron chi connectivity index (χ1n) is 5.71. The van der Waals surface area contributed by atoms with Crippen molar-refractivity contribution in [3.05, 3.63) is 22.9 Å². The van der Waals surface area contributed by atoms with E-state index in [1.54, 1.807) is 6.20 Å². The Morgan fingerprint density at radius 1 is 1.33 bits per heavy atom.